The zero-order chi connectivity index (χ0) is 19.8. The monoisotopic (exact) mass is 357 g/mol. The molecule has 0 unspecified atom stereocenters. The molecule has 0 heterocycles. The van der Waals surface area contributed by atoms with Crippen molar-refractivity contribution in [1.82, 2.24) is 0 Å². The van der Waals surface area contributed by atoms with Crippen molar-refractivity contribution in [2.75, 3.05) is 0 Å². The SMILES string of the molecule is Cc1cc2c(cc1C(=O)C=Cc1cccc(C#N)c1)C(C)(C)CCC2(C)C. The summed E-state index contributed by atoms with van der Waals surface area (Å²) in [5, 5.41) is 9.02. The molecule has 1 aliphatic rings. The van der Waals surface area contributed by atoms with Crippen LogP contribution in [-0.4, -0.2) is 5.78 Å². The predicted octanol–water partition coefficient (Wildman–Crippen LogP) is 6.11. The van der Waals surface area contributed by atoms with E-state index in [0.29, 0.717) is 5.56 Å². The van der Waals surface area contributed by atoms with Crippen LogP contribution in [0.25, 0.3) is 6.08 Å². The molecule has 0 saturated carbocycles. The highest BCUT2D eigenvalue weighted by Gasteiger charge is 2.37. The van der Waals surface area contributed by atoms with Gasteiger partial charge in [-0.15, -0.1) is 0 Å². The Hall–Kier alpha value is -2.66. The number of nitriles is 1. The molecule has 2 nitrogen and oxygen atoms in total. The fourth-order valence-electron chi connectivity index (χ4n) is 3.96. The maximum Gasteiger partial charge on any atom is 0.186 e. The topological polar surface area (TPSA) is 40.9 Å². The van der Waals surface area contributed by atoms with Crippen molar-refractivity contribution in [3.63, 3.8) is 0 Å². The van der Waals surface area contributed by atoms with E-state index in [1.807, 2.05) is 19.1 Å². The summed E-state index contributed by atoms with van der Waals surface area (Å²) in [5.74, 6) is 0.0110. The van der Waals surface area contributed by atoms with E-state index in [2.05, 4.69) is 45.9 Å². The second-order valence-corrected chi connectivity index (χ2v) is 8.92. The summed E-state index contributed by atoms with van der Waals surface area (Å²) in [5.41, 5.74) is 6.15. The third kappa shape index (κ3) is 3.74. The van der Waals surface area contributed by atoms with Gasteiger partial charge in [0.05, 0.1) is 11.6 Å². The lowest BCUT2D eigenvalue weighted by molar-refractivity contribution is 0.104. The number of aryl methyl sites for hydroxylation is 1. The Morgan fingerprint density at radius 2 is 1.67 bits per heavy atom. The van der Waals surface area contributed by atoms with Gasteiger partial charge in [-0.1, -0.05) is 52.0 Å². The largest absolute Gasteiger partial charge is 0.289 e. The molecular formula is C25H27NO. The van der Waals surface area contributed by atoms with Gasteiger partial charge in [0.15, 0.2) is 5.78 Å². The molecule has 0 spiro atoms. The van der Waals surface area contributed by atoms with E-state index in [0.717, 1.165) is 29.5 Å². The summed E-state index contributed by atoms with van der Waals surface area (Å²) < 4.78 is 0. The molecule has 0 fully saturated rings. The molecule has 0 saturated heterocycles. The number of benzene rings is 2. The van der Waals surface area contributed by atoms with Gasteiger partial charge in [0.25, 0.3) is 0 Å². The first-order valence-electron chi connectivity index (χ1n) is 9.52. The van der Waals surface area contributed by atoms with Crippen LogP contribution in [0.5, 0.6) is 0 Å². The van der Waals surface area contributed by atoms with Gasteiger partial charge in [-0.25, -0.2) is 0 Å². The molecule has 0 aliphatic heterocycles. The lowest BCUT2D eigenvalue weighted by Crippen LogP contribution is -2.34. The van der Waals surface area contributed by atoms with Crippen LogP contribution in [0.15, 0.2) is 42.5 Å². The Bertz CT molecular complexity index is 970. The van der Waals surface area contributed by atoms with Gasteiger partial charge in [-0.05, 0) is 77.1 Å². The Morgan fingerprint density at radius 3 is 2.30 bits per heavy atom. The summed E-state index contributed by atoms with van der Waals surface area (Å²) >= 11 is 0. The number of hydrogen-bond acceptors (Lipinski definition) is 2. The maximum absolute atomic E-state index is 12.9. The highest BCUT2D eigenvalue weighted by atomic mass is 16.1. The molecule has 138 valence electrons. The van der Waals surface area contributed by atoms with Gasteiger partial charge < -0.3 is 0 Å². The molecule has 1 aliphatic carbocycles. The van der Waals surface area contributed by atoms with E-state index in [1.54, 1.807) is 24.3 Å². The summed E-state index contributed by atoms with van der Waals surface area (Å²) in [6.07, 6.45) is 5.69. The van der Waals surface area contributed by atoms with Crippen LogP contribution in [0.3, 0.4) is 0 Å². The Labute approximate surface area is 162 Å². The number of ketones is 1. The number of hydrogen-bond donors (Lipinski definition) is 0. The first kappa shape index (κ1) is 19.1. The average Bonchev–Trinajstić information content (AvgIpc) is 2.63. The highest BCUT2D eigenvalue weighted by molar-refractivity contribution is 6.08. The normalized spacial score (nSPS) is 17.3. The molecule has 2 heteroatoms. The van der Waals surface area contributed by atoms with Crippen LogP contribution in [-0.2, 0) is 10.8 Å². The van der Waals surface area contributed by atoms with Crippen molar-refractivity contribution in [2.24, 2.45) is 0 Å². The minimum absolute atomic E-state index is 0.0110. The van der Waals surface area contributed by atoms with Gasteiger partial charge >= 0.3 is 0 Å². The number of rotatable bonds is 3. The minimum atomic E-state index is 0.0110. The summed E-state index contributed by atoms with van der Waals surface area (Å²) in [4.78, 5) is 12.9. The zero-order valence-electron chi connectivity index (χ0n) is 16.9. The zero-order valence-corrected chi connectivity index (χ0v) is 16.9. The van der Waals surface area contributed by atoms with Crippen LogP contribution in [0.1, 0.15) is 78.7 Å². The van der Waals surface area contributed by atoms with Gasteiger partial charge in [-0.2, -0.15) is 5.26 Å². The first-order valence-corrected chi connectivity index (χ1v) is 9.52. The second kappa shape index (κ2) is 6.82. The van der Waals surface area contributed by atoms with E-state index in [4.69, 9.17) is 5.26 Å². The summed E-state index contributed by atoms with van der Waals surface area (Å²) in [6.45, 7) is 11.2. The Balaban J connectivity index is 1.99. The smallest absolute Gasteiger partial charge is 0.186 e. The number of carbonyl (C=O) groups is 1. The fraction of sp³-hybridized carbons (Fsp3) is 0.360. The van der Waals surface area contributed by atoms with Crippen molar-refractivity contribution < 1.29 is 4.79 Å². The molecule has 0 aromatic heterocycles. The van der Waals surface area contributed by atoms with E-state index in [9.17, 15) is 4.79 Å². The van der Waals surface area contributed by atoms with Crippen molar-refractivity contribution >= 4 is 11.9 Å². The van der Waals surface area contributed by atoms with Crippen molar-refractivity contribution in [3.05, 3.63) is 75.9 Å². The molecule has 27 heavy (non-hydrogen) atoms. The van der Waals surface area contributed by atoms with E-state index in [-0.39, 0.29) is 16.6 Å². The molecule has 0 radical (unpaired) electrons. The van der Waals surface area contributed by atoms with E-state index < -0.39 is 0 Å². The third-order valence-corrected chi connectivity index (χ3v) is 5.91. The van der Waals surface area contributed by atoms with Crippen molar-refractivity contribution in [1.29, 1.82) is 5.26 Å². The number of fused-ring (bicyclic) bond motifs is 1. The second-order valence-electron chi connectivity index (χ2n) is 8.92. The van der Waals surface area contributed by atoms with Gasteiger partial charge in [0, 0.05) is 5.56 Å². The van der Waals surface area contributed by atoms with Gasteiger partial charge in [0.1, 0.15) is 0 Å². The Kier molecular flexibility index (Phi) is 4.82. The van der Waals surface area contributed by atoms with Gasteiger partial charge in [0.2, 0.25) is 0 Å². The van der Waals surface area contributed by atoms with Crippen molar-refractivity contribution in [3.8, 4) is 6.07 Å². The molecule has 2 aromatic carbocycles. The average molecular weight is 357 g/mol. The Morgan fingerprint density at radius 1 is 1.04 bits per heavy atom. The summed E-state index contributed by atoms with van der Waals surface area (Å²) in [6, 6.07) is 13.7. The standard InChI is InChI=1S/C25H27NO/c1-17-13-21-22(25(4,5)12-11-24(21,2)3)15-20(17)23(27)10-9-18-7-6-8-19(14-18)16-26/h6-10,13-15H,11-12H2,1-5H3. The molecule has 3 rings (SSSR count). The lowest BCUT2D eigenvalue weighted by atomic mass is 9.62. The third-order valence-electron chi connectivity index (χ3n) is 5.91. The lowest BCUT2D eigenvalue weighted by Gasteiger charge is -2.42. The quantitative estimate of drug-likeness (QED) is 0.491. The van der Waals surface area contributed by atoms with Crippen LogP contribution < -0.4 is 0 Å². The molecule has 0 amide bonds. The molecule has 2 aromatic rings. The highest BCUT2D eigenvalue weighted by Crippen LogP contribution is 2.46. The predicted molar refractivity (Wildman–Crippen MR) is 111 cm³/mol. The number of allylic oxidation sites excluding steroid dienone is 1. The van der Waals surface area contributed by atoms with E-state index >= 15 is 0 Å². The first-order chi connectivity index (χ1) is 12.6. The molecule has 0 atom stereocenters. The number of nitrogens with zero attached hydrogens (tertiary/aromatic N) is 1. The van der Waals surface area contributed by atoms with Gasteiger partial charge in [-0.3, -0.25) is 4.79 Å². The van der Waals surface area contributed by atoms with Crippen LogP contribution in [0.2, 0.25) is 0 Å². The minimum Gasteiger partial charge on any atom is -0.289 e. The summed E-state index contributed by atoms with van der Waals surface area (Å²) in [7, 11) is 0. The fourth-order valence-corrected chi connectivity index (χ4v) is 3.96. The van der Waals surface area contributed by atoms with E-state index in [1.165, 1.54) is 11.1 Å². The van der Waals surface area contributed by atoms with Crippen LogP contribution >= 0.6 is 0 Å². The van der Waals surface area contributed by atoms with Crippen LogP contribution in [0.4, 0.5) is 0 Å². The van der Waals surface area contributed by atoms with Crippen LogP contribution in [0, 0.1) is 18.3 Å². The molecule has 0 bridgehead atoms. The van der Waals surface area contributed by atoms with Crippen molar-refractivity contribution in [2.45, 2.75) is 58.3 Å². The number of carbonyl (C=O) groups excluding carboxylic acids is 1. The molecular weight excluding hydrogens is 330 g/mol. The maximum atomic E-state index is 12.9. The molecule has 0 N–H and O–H groups in total.